The van der Waals surface area contributed by atoms with E-state index >= 15 is 0 Å². The van der Waals surface area contributed by atoms with Crippen molar-refractivity contribution in [1.82, 2.24) is 0 Å². The van der Waals surface area contributed by atoms with E-state index in [1.165, 1.54) is 6.92 Å². The predicted octanol–water partition coefficient (Wildman–Crippen LogP) is 1.41. The molecule has 0 radical (unpaired) electrons. The number of halogens is 1. The van der Waals surface area contributed by atoms with Crippen LogP contribution < -0.4 is 5.73 Å². The van der Waals surface area contributed by atoms with Gasteiger partial charge < -0.3 is 10.8 Å². The SMILES string of the molecule is CC(=O)CC(N)(Cc1ccccc1)C(=O)O.Cl. The Morgan fingerprint density at radius 1 is 1.29 bits per heavy atom. The summed E-state index contributed by atoms with van der Waals surface area (Å²) in [5.74, 6) is -1.37. The van der Waals surface area contributed by atoms with Crippen molar-refractivity contribution >= 4 is 24.2 Å². The topological polar surface area (TPSA) is 80.4 Å². The quantitative estimate of drug-likeness (QED) is 0.836. The summed E-state index contributed by atoms with van der Waals surface area (Å²) in [5, 5.41) is 9.07. The molecule has 0 fully saturated rings. The molecule has 0 aliphatic rings. The van der Waals surface area contributed by atoms with Crippen molar-refractivity contribution in [3.8, 4) is 0 Å². The number of Topliss-reactive ketones (excluding diaryl/α,β-unsaturated/α-hetero) is 1. The van der Waals surface area contributed by atoms with Crippen LogP contribution in [0, 0.1) is 0 Å². The second-order valence-corrected chi connectivity index (χ2v) is 4.00. The molecule has 3 N–H and O–H groups in total. The van der Waals surface area contributed by atoms with Crippen LogP contribution in [0.1, 0.15) is 18.9 Å². The minimum Gasteiger partial charge on any atom is -0.480 e. The van der Waals surface area contributed by atoms with Gasteiger partial charge in [-0.25, -0.2) is 0 Å². The maximum atomic E-state index is 11.1. The molecule has 4 nitrogen and oxygen atoms in total. The van der Waals surface area contributed by atoms with E-state index in [0.29, 0.717) is 0 Å². The summed E-state index contributed by atoms with van der Waals surface area (Å²) in [7, 11) is 0. The van der Waals surface area contributed by atoms with E-state index in [9.17, 15) is 9.59 Å². The lowest BCUT2D eigenvalue weighted by atomic mass is 9.87. The largest absolute Gasteiger partial charge is 0.480 e. The standard InChI is InChI=1S/C12H15NO3.ClH/c1-9(14)7-12(13,11(15)16)8-10-5-3-2-4-6-10;/h2-6H,7-8,13H2,1H3,(H,15,16);1H. The molecular weight excluding hydrogens is 242 g/mol. The molecule has 1 atom stereocenters. The number of carboxylic acids is 1. The molecule has 1 aromatic carbocycles. The molecule has 0 bridgehead atoms. The van der Waals surface area contributed by atoms with Crippen molar-refractivity contribution < 1.29 is 14.7 Å². The molecule has 0 aliphatic carbocycles. The van der Waals surface area contributed by atoms with Gasteiger partial charge in [0.1, 0.15) is 11.3 Å². The summed E-state index contributed by atoms with van der Waals surface area (Å²) in [6.07, 6.45) is -0.0000189. The number of carbonyl (C=O) groups is 2. The summed E-state index contributed by atoms with van der Waals surface area (Å²) >= 11 is 0. The fraction of sp³-hybridized carbons (Fsp3) is 0.333. The van der Waals surface area contributed by atoms with Crippen LogP contribution in [-0.2, 0) is 16.0 Å². The van der Waals surface area contributed by atoms with Crippen LogP contribution >= 0.6 is 12.4 Å². The zero-order valence-corrected chi connectivity index (χ0v) is 10.4. The lowest BCUT2D eigenvalue weighted by molar-refractivity contribution is -0.145. The Morgan fingerprint density at radius 2 is 1.82 bits per heavy atom. The van der Waals surface area contributed by atoms with Gasteiger partial charge in [0, 0.05) is 12.8 Å². The lowest BCUT2D eigenvalue weighted by Crippen LogP contribution is -2.51. The van der Waals surface area contributed by atoms with Crippen LogP contribution in [0.4, 0.5) is 0 Å². The molecule has 0 spiro atoms. The number of carbonyl (C=O) groups excluding carboxylic acids is 1. The van der Waals surface area contributed by atoms with Gasteiger partial charge in [0.05, 0.1) is 0 Å². The van der Waals surface area contributed by atoms with Gasteiger partial charge in [0.25, 0.3) is 0 Å². The van der Waals surface area contributed by atoms with Crippen molar-refractivity contribution in [3.05, 3.63) is 35.9 Å². The molecule has 0 amide bonds. The highest BCUT2D eigenvalue weighted by Crippen LogP contribution is 2.15. The first-order valence-electron chi connectivity index (χ1n) is 5.00. The first kappa shape index (κ1) is 15.6. The first-order valence-corrected chi connectivity index (χ1v) is 5.00. The number of hydrogen-bond acceptors (Lipinski definition) is 3. The smallest absolute Gasteiger partial charge is 0.324 e. The molecule has 17 heavy (non-hydrogen) atoms. The third kappa shape index (κ3) is 4.54. The second kappa shape index (κ2) is 6.37. The normalized spacial score (nSPS) is 13.3. The Bertz CT molecular complexity index is 394. The molecule has 1 rings (SSSR count). The van der Waals surface area contributed by atoms with E-state index in [1.807, 2.05) is 18.2 Å². The molecule has 1 unspecified atom stereocenters. The number of carboxylic acid groups (broad SMARTS) is 1. The van der Waals surface area contributed by atoms with Crippen molar-refractivity contribution in [2.45, 2.75) is 25.3 Å². The predicted molar refractivity (Wildman–Crippen MR) is 67.2 cm³/mol. The third-order valence-corrected chi connectivity index (χ3v) is 2.35. The fourth-order valence-electron chi connectivity index (χ4n) is 1.62. The molecule has 0 heterocycles. The molecule has 94 valence electrons. The highest BCUT2D eigenvalue weighted by atomic mass is 35.5. The van der Waals surface area contributed by atoms with Crippen LogP contribution in [0.25, 0.3) is 0 Å². The average Bonchev–Trinajstić information content (AvgIpc) is 2.17. The van der Waals surface area contributed by atoms with E-state index in [0.717, 1.165) is 5.56 Å². The molecule has 5 heteroatoms. The van der Waals surface area contributed by atoms with Crippen LogP contribution in [0.5, 0.6) is 0 Å². The zero-order valence-electron chi connectivity index (χ0n) is 9.55. The number of rotatable bonds is 5. The highest BCUT2D eigenvalue weighted by molar-refractivity contribution is 5.87. The van der Waals surface area contributed by atoms with Crippen molar-refractivity contribution in [1.29, 1.82) is 0 Å². The monoisotopic (exact) mass is 257 g/mol. The minimum absolute atomic E-state index is 0. The Hall–Kier alpha value is -1.39. The number of benzene rings is 1. The van der Waals surface area contributed by atoms with E-state index in [2.05, 4.69) is 0 Å². The third-order valence-electron chi connectivity index (χ3n) is 2.35. The summed E-state index contributed by atoms with van der Waals surface area (Å²) < 4.78 is 0. The Morgan fingerprint density at radius 3 is 2.24 bits per heavy atom. The molecule has 0 aliphatic heterocycles. The van der Waals surface area contributed by atoms with Crippen molar-refractivity contribution in [2.24, 2.45) is 5.73 Å². The molecule has 0 saturated heterocycles. The number of ketones is 1. The summed E-state index contributed by atoms with van der Waals surface area (Å²) in [6.45, 7) is 1.34. The summed E-state index contributed by atoms with van der Waals surface area (Å²) in [6, 6.07) is 9.06. The van der Waals surface area contributed by atoms with Crippen LogP contribution in [-0.4, -0.2) is 22.4 Å². The van der Waals surface area contributed by atoms with E-state index in [4.69, 9.17) is 10.8 Å². The Labute approximate surface area is 106 Å². The highest BCUT2D eigenvalue weighted by Gasteiger charge is 2.35. The van der Waals surface area contributed by atoms with Crippen molar-refractivity contribution in [3.63, 3.8) is 0 Å². The van der Waals surface area contributed by atoms with Gasteiger partial charge in [-0.1, -0.05) is 30.3 Å². The number of hydrogen-bond donors (Lipinski definition) is 2. The van der Waals surface area contributed by atoms with Crippen LogP contribution in [0.15, 0.2) is 30.3 Å². The van der Waals surface area contributed by atoms with E-state index < -0.39 is 11.5 Å². The molecule has 0 aromatic heterocycles. The van der Waals surface area contributed by atoms with Crippen LogP contribution in [0.2, 0.25) is 0 Å². The van der Waals surface area contributed by atoms with Crippen molar-refractivity contribution in [2.75, 3.05) is 0 Å². The van der Waals surface area contributed by atoms with E-state index in [-0.39, 0.29) is 31.0 Å². The zero-order chi connectivity index (χ0) is 12.2. The first-order chi connectivity index (χ1) is 7.44. The lowest BCUT2D eigenvalue weighted by Gasteiger charge is -2.23. The van der Waals surface area contributed by atoms with Crippen LogP contribution in [0.3, 0.4) is 0 Å². The molecule has 0 saturated carbocycles. The van der Waals surface area contributed by atoms with Gasteiger partial charge in [-0.2, -0.15) is 0 Å². The summed E-state index contributed by atoms with van der Waals surface area (Å²) in [4.78, 5) is 22.1. The average molecular weight is 258 g/mol. The summed E-state index contributed by atoms with van der Waals surface area (Å²) in [5.41, 5.74) is 5.06. The van der Waals surface area contributed by atoms with Gasteiger partial charge in [0.15, 0.2) is 0 Å². The molecule has 1 aromatic rings. The number of aliphatic carboxylic acids is 1. The van der Waals surface area contributed by atoms with Gasteiger partial charge in [-0.15, -0.1) is 12.4 Å². The second-order valence-electron chi connectivity index (χ2n) is 4.00. The van der Waals surface area contributed by atoms with Gasteiger partial charge in [0.2, 0.25) is 0 Å². The molecular formula is C12H16ClNO3. The Balaban J connectivity index is 0.00000256. The van der Waals surface area contributed by atoms with Gasteiger partial charge >= 0.3 is 5.97 Å². The maximum absolute atomic E-state index is 11.1. The maximum Gasteiger partial charge on any atom is 0.324 e. The van der Waals surface area contributed by atoms with E-state index in [1.54, 1.807) is 12.1 Å². The fourth-order valence-corrected chi connectivity index (χ4v) is 1.62. The van der Waals surface area contributed by atoms with Gasteiger partial charge in [-0.05, 0) is 12.5 Å². The number of nitrogens with two attached hydrogens (primary N) is 1. The minimum atomic E-state index is -1.51. The Kier molecular flexibility index (Phi) is 5.85. The van der Waals surface area contributed by atoms with Gasteiger partial charge in [-0.3, -0.25) is 9.59 Å².